The van der Waals surface area contributed by atoms with Crippen molar-refractivity contribution in [3.63, 3.8) is 0 Å². The van der Waals surface area contributed by atoms with E-state index in [-0.39, 0.29) is 5.92 Å². The molecule has 0 aliphatic carbocycles. The van der Waals surface area contributed by atoms with Crippen LogP contribution >= 0.6 is 0 Å². The molecule has 1 aliphatic rings. The number of aliphatic carboxylic acids is 1. The maximum absolute atomic E-state index is 11.9. The highest BCUT2D eigenvalue weighted by Gasteiger charge is 2.30. The quantitative estimate of drug-likeness (QED) is 0.705. The van der Waals surface area contributed by atoms with Crippen LogP contribution in [0.25, 0.3) is 0 Å². The van der Waals surface area contributed by atoms with E-state index in [1.165, 1.54) is 0 Å². The second kappa shape index (κ2) is 6.75. The molecule has 2 amide bonds. The third-order valence-electron chi connectivity index (χ3n) is 3.16. The van der Waals surface area contributed by atoms with Crippen molar-refractivity contribution >= 4 is 12.0 Å². The predicted octanol–water partition coefficient (Wildman–Crippen LogP) is 1.35. The molecule has 0 aromatic carbocycles. The fourth-order valence-corrected chi connectivity index (χ4v) is 2.19. The van der Waals surface area contributed by atoms with Crippen LogP contribution in [0.4, 0.5) is 4.79 Å². The number of hydrogen-bond donors (Lipinski definition) is 3. The van der Waals surface area contributed by atoms with Gasteiger partial charge in [0.1, 0.15) is 6.04 Å². The molecule has 0 saturated carbocycles. The molecular formula is C13H24N2O4. The largest absolute Gasteiger partial charge is 0.480 e. The van der Waals surface area contributed by atoms with E-state index >= 15 is 0 Å². The standard InChI is InChI=1S/C13H24N2O4/c1-9(2)7-10(11(16)17)14-12(18)15-13(3)5-4-6-19-8-13/h9-10H,4-8H2,1-3H3,(H,16,17)(H2,14,15,18)/t10-,13?/m0/s1. The molecule has 6 nitrogen and oxygen atoms in total. The lowest BCUT2D eigenvalue weighted by Crippen LogP contribution is -2.57. The monoisotopic (exact) mass is 272 g/mol. The van der Waals surface area contributed by atoms with Crippen molar-refractivity contribution in [1.29, 1.82) is 0 Å². The summed E-state index contributed by atoms with van der Waals surface area (Å²) in [6.45, 7) is 6.92. The van der Waals surface area contributed by atoms with Gasteiger partial charge in [-0.05, 0) is 32.1 Å². The molecule has 1 unspecified atom stereocenters. The lowest BCUT2D eigenvalue weighted by molar-refractivity contribution is -0.139. The van der Waals surface area contributed by atoms with Gasteiger partial charge in [0.05, 0.1) is 12.1 Å². The Bertz CT molecular complexity index is 325. The molecule has 0 radical (unpaired) electrons. The SMILES string of the molecule is CC(C)C[C@H](NC(=O)NC1(C)CCCOC1)C(=O)O. The summed E-state index contributed by atoms with van der Waals surface area (Å²) in [5.74, 6) is -0.802. The predicted molar refractivity (Wildman–Crippen MR) is 71.0 cm³/mol. The second-order valence-electron chi connectivity index (χ2n) is 5.84. The maximum Gasteiger partial charge on any atom is 0.326 e. The average molecular weight is 272 g/mol. The topological polar surface area (TPSA) is 87.7 Å². The smallest absolute Gasteiger partial charge is 0.326 e. The molecule has 0 spiro atoms. The molecule has 110 valence electrons. The minimum absolute atomic E-state index is 0.204. The minimum Gasteiger partial charge on any atom is -0.480 e. The van der Waals surface area contributed by atoms with Gasteiger partial charge in [0, 0.05) is 6.61 Å². The van der Waals surface area contributed by atoms with Gasteiger partial charge in [0.2, 0.25) is 0 Å². The molecule has 19 heavy (non-hydrogen) atoms. The van der Waals surface area contributed by atoms with Crippen molar-refractivity contribution in [2.75, 3.05) is 13.2 Å². The number of amides is 2. The van der Waals surface area contributed by atoms with E-state index < -0.39 is 23.6 Å². The number of carboxylic acid groups (broad SMARTS) is 1. The number of carboxylic acids is 1. The number of ether oxygens (including phenoxy) is 1. The van der Waals surface area contributed by atoms with Crippen LogP contribution in [-0.4, -0.2) is 41.9 Å². The minimum atomic E-state index is -1.01. The summed E-state index contributed by atoms with van der Waals surface area (Å²) in [4.78, 5) is 22.9. The highest BCUT2D eigenvalue weighted by molar-refractivity contribution is 5.82. The third-order valence-corrected chi connectivity index (χ3v) is 3.16. The van der Waals surface area contributed by atoms with Crippen LogP contribution in [0.1, 0.15) is 40.0 Å². The van der Waals surface area contributed by atoms with Gasteiger partial charge in [-0.25, -0.2) is 9.59 Å². The van der Waals surface area contributed by atoms with Crippen LogP contribution in [0, 0.1) is 5.92 Å². The van der Waals surface area contributed by atoms with Gasteiger partial charge >= 0.3 is 12.0 Å². The summed E-state index contributed by atoms with van der Waals surface area (Å²) in [6, 6.07) is -1.30. The van der Waals surface area contributed by atoms with Gasteiger partial charge in [0.15, 0.2) is 0 Å². The molecular weight excluding hydrogens is 248 g/mol. The first kappa shape index (κ1) is 15.8. The van der Waals surface area contributed by atoms with Crippen LogP contribution in [-0.2, 0) is 9.53 Å². The fourth-order valence-electron chi connectivity index (χ4n) is 2.19. The number of carbonyl (C=O) groups is 2. The van der Waals surface area contributed by atoms with Gasteiger partial charge in [-0.2, -0.15) is 0 Å². The molecule has 1 rings (SSSR count). The van der Waals surface area contributed by atoms with Gasteiger partial charge in [0.25, 0.3) is 0 Å². The molecule has 1 fully saturated rings. The van der Waals surface area contributed by atoms with Crippen LogP contribution < -0.4 is 10.6 Å². The van der Waals surface area contributed by atoms with Crippen molar-refractivity contribution in [2.45, 2.75) is 51.6 Å². The molecule has 1 heterocycles. The Morgan fingerprint density at radius 1 is 1.42 bits per heavy atom. The first-order valence-corrected chi connectivity index (χ1v) is 6.71. The Hall–Kier alpha value is -1.30. The molecule has 0 aromatic heterocycles. The van der Waals surface area contributed by atoms with Crippen molar-refractivity contribution in [1.82, 2.24) is 10.6 Å². The van der Waals surface area contributed by atoms with Crippen molar-refractivity contribution in [3.8, 4) is 0 Å². The summed E-state index contributed by atoms with van der Waals surface area (Å²) in [7, 11) is 0. The Morgan fingerprint density at radius 3 is 2.58 bits per heavy atom. The summed E-state index contributed by atoms with van der Waals surface area (Å²) in [5.41, 5.74) is -0.413. The molecule has 3 N–H and O–H groups in total. The lowest BCUT2D eigenvalue weighted by atomic mass is 9.95. The van der Waals surface area contributed by atoms with Crippen molar-refractivity contribution in [2.24, 2.45) is 5.92 Å². The highest BCUT2D eigenvalue weighted by Crippen LogP contribution is 2.18. The van der Waals surface area contributed by atoms with E-state index in [4.69, 9.17) is 9.84 Å². The van der Waals surface area contributed by atoms with E-state index in [2.05, 4.69) is 10.6 Å². The Morgan fingerprint density at radius 2 is 2.11 bits per heavy atom. The Labute approximate surface area is 113 Å². The fraction of sp³-hybridized carbons (Fsp3) is 0.846. The summed E-state index contributed by atoms with van der Waals surface area (Å²) in [5, 5.41) is 14.4. The van der Waals surface area contributed by atoms with Crippen LogP contribution in [0.15, 0.2) is 0 Å². The van der Waals surface area contributed by atoms with Gasteiger partial charge in [-0.3, -0.25) is 0 Å². The van der Waals surface area contributed by atoms with E-state index in [1.807, 2.05) is 20.8 Å². The second-order valence-corrected chi connectivity index (χ2v) is 5.84. The number of rotatable bonds is 5. The Balaban J connectivity index is 2.50. The summed E-state index contributed by atoms with van der Waals surface area (Å²) < 4.78 is 5.34. The molecule has 2 atom stereocenters. The van der Waals surface area contributed by atoms with Crippen LogP contribution in [0.5, 0.6) is 0 Å². The normalized spacial score (nSPS) is 24.8. The maximum atomic E-state index is 11.9. The Kier molecular flexibility index (Phi) is 5.60. The van der Waals surface area contributed by atoms with Gasteiger partial charge in [-0.1, -0.05) is 13.8 Å². The molecule has 1 aliphatic heterocycles. The third kappa shape index (κ3) is 5.46. The first-order valence-electron chi connectivity index (χ1n) is 6.71. The van der Waals surface area contributed by atoms with E-state index in [1.54, 1.807) is 0 Å². The van der Waals surface area contributed by atoms with Crippen molar-refractivity contribution in [3.05, 3.63) is 0 Å². The number of nitrogens with one attached hydrogen (secondary N) is 2. The zero-order valence-corrected chi connectivity index (χ0v) is 11.9. The zero-order valence-electron chi connectivity index (χ0n) is 11.9. The summed E-state index contributed by atoms with van der Waals surface area (Å²) in [6.07, 6.45) is 2.14. The average Bonchev–Trinajstić information content (AvgIpc) is 2.27. The van der Waals surface area contributed by atoms with Gasteiger partial charge in [-0.15, -0.1) is 0 Å². The molecule has 0 bridgehead atoms. The van der Waals surface area contributed by atoms with E-state index in [0.717, 1.165) is 12.8 Å². The number of hydrogen-bond acceptors (Lipinski definition) is 3. The highest BCUT2D eigenvalue weighted by atomic mass is 16.5. The van der Waals surface area contributed by atoms with Gasteiger partial charge < -0.3 is 20.5 Å². The van der Waals surface area contributed by atoms with Crippen LogP contribution in [0.2, 0.25) is 0 Å². The first-order chi connectivity index (χ1) is 8.82. The molecule has 6 heteroatoms. The molecule has 0 aromatic rings. The summed E-state index contributed by atoms with van der Waals surface area (Å²) >= 11 is 0. The lowest BCUT2D eigenvalue weighted by Gasteiger charge is -2.34. The molecule has 1 saturated heterocycles. The van der Waals surface area contributed by atoms with E-state index in [9.17, 15) is 9.59 Å². The van der Waals surface area contributed by atoms with E-state index in [0.29, 0.717) is 19.6 Å². The number of carbonyl (C=O) groups excluding carboxylic acids is 1. The van der Waals surface area contributed by atoms with Crippen LogP contribution in [0.3, 0.4) is 0 Å². The zero-order chi connectivity index (χ0) is 14.5. The van der Waals surface area contributed by atoms with Crippen molar-refractivity contribution < 1.29 is 19.4 Å². The number of urea groups is 1.